The molecule has 12 heteroatoms. The number of nitro groups is 1. The third-order valence-electron chi connectivity index (χ3n) is 6.00. The molecule has 2 aromatic carbocycles. The van der Waals surface area contributed by atoms with Crippen molar-refractivity contribution in [1.82, 2.24) is 10.2 Å². The molecule has 2 aliphatic heterocycles. The number of carbonyl (C=O) groups is 3. The van der Waals surface area contributed by atoms with Gasteiger partial charge in [-0.25, -0.2) is 0 Å². The third kappa shape index (κ3) is 4.89. The van der Waals surface area contributed by atoms with Crippen LogP contribution in [-0.4, -0.2) is 65.9 Å². The number of rotatable bonds is 5. The summed E-state index contributed by atoms with van der Waals surface area (Å²) in [5.41, 5.74) is 0.928. The Labute approximate surface area is 212 Å². The summed E-state index contributed by atoms with van der Waals surface area (Å²) in [5.74, 6) is -0.908. The number of hydrogen-bond acceptors (Lipinski definition) is 8. The predicted octanol–water partition coefficient (Wildman–Crippen LogP) is 2.10. The number of piperazine rings is 1. The lowest BCUT2D eigenvalue weighted by molar-refractivity contribution is -0.384. The van der Waals surface area contributed by atoms with Gasteiger partial charge in [-0.2, -0.15) is 0 Å². The maximum Gasteiger partial charge on any atom is 0.270 e. The van der Waals surface area contributed by atoms with E-state index in [2.05, 4.69) is 5.32 Å². The molecule has 3 amide bonds. The predicted molar refractivity (Wildman–Crippen MR) is 137 cm³/mol. The molecule has 2 fully saturated rings. The maximum atomic E-state index is 13.5. The number of nitro benzene ring substituents is 1. The van der Waals surface area contributed by atoms with Gasteiger partial charge in [0.15, 0.2) is 5.11 Å². The maximum absolute atomic E-state index is 13.5. The number of methoxy groups -OCH3 is 1. The monoisotopic (exact) mass is 509 g/mol. The summed E-state index contributed by atoms with van der Waals surface area (Å²) in [6.07, 6.45) is 1.34. The normalized spacial score (nSPS) is 17.3. The Morgan fingerprint density at radius 1 is 1.14 bits per heavy atom. The van der Waals surface area contributed by atoms with E-state index in [1.807, 2.05) is 4.90 Å². The van der Waals surface area contributed by atoms with E-state index >= 15 is 0 Å². The summed E-state index contributed by atoms with van der Waals surface area (Å²) in [6.45, 7) is 3.46. The molecule has 2 heterocycles. The smallest absolute Gasteiger partial charge is 0.270 e. The van der Waals surface area contributed by atoms with Crippen LogP contribution in [0.1, 0.15) is 12.5 Å². The largest absolute Gasteiger partial charge is 0.497 e. The van der Waals surface area contributed by atoms with Crippen molar-refractivity contribution in [2.24, 2.45) is 0 Å². The van der Waals surface area contributed by atoms with Crippen molar-refractivity contribution in [2.45, 2.75) is 6.92 Å². The van der Waals surface area contributed by atoms with E-state index in [9.17, 15) is 24.5 Å². The second-order valence-electron chi connectivity index (χ2n) is 8.15. The molecule has 2 aliphatic rings. The first-order valence-electron chi connectivity index (χ1n) is 11.0. The fourth-order valence-corrected chi connectivity index (χ4v) is 4.40. The molecular weight excluding hydrogens is 486 g/mol. The standard InChI is InChI=1S/C24H23N5O6S/c1-15(30)26-8-10-27(11-9-26)21-7-6-18(29(33)34)12-16(21)13-20-22(31)25-24(36)28(23(20)32)17-4-3-5-19(14-17)35-2/h3-7,12-14H,8-11H2,1-2H3,(H,25,31,36)/b20-13-. The highest BCUT2D eigenvalue weighted by molar-refractivity contribution is 7.80. The molecule has 0 saturated carbocycles. The van der Waals surface area contributed by atoms with Crippen molar-refractivity contribution in [1.29, 1.82) is 0 Å². The highest BCUT2D eigenvalue weighted by Gasteiger charge is 2.35. The minimum Gasteiger partial charge on any atom is -0.497 e. The quantitative estimate of drug-likeness (QED) is 0.214. The molecule has 36 heavy (non-hydrogen) atoms. The van der Waals surface area contributed by atoms with E-state index < -0.39 is 16.7 Å². The lowest BCUT2D eigenvalue weighted by Gasteiger charge is -2.36. The Kier molecular flexibility index (Phi) is 6.97. The molecule has 0 aliphatic carbocycles. The highest BCUT2D eigenvalue weighted by Crippen LogP contribution is 2.31. The Morgan fingerprint density at radius 3 is 2.50 bits per heavy atom. The van der Waals surface area contributed by atoms with Crippen molar-refractivity contribution >= 4 is 58.2 Å². The fraction of sp³-hybridized carbons (Fsp3) is 0.250. The van der Waals surface area contributed by atoms with Crippen LogP contribution in [0.25, 0.3) is 6.08 Å². The van der Waals surface area contributed by atoms with E-state index in [-0.39, 0.29) is 22.3 Å². The Hall–Kier alpha value is -4.32. The number of thiocarbonyl (C=S) groups is 1. The molecule has 2 aromatic rings. The van der Waals surface area contributed by atoms with E-state index in [0.29, 0.717) is 48.9 Å². The number of nitrogens with one attached hydrogen (secondary N) is 1. The zero-order chi connectivity index (χ0) is 26.0. The fourth-order valence-electron chi connectivity index (χ4n) is 4.12. The van der Waals surface area contributed by atoms with Crippen molar-refractivity contribution in [3.05, 3.63) is 63.7 Å². The van der Waals surface area contributed by atoms with Gasteiger partial charge in [-0.05, 0) is 36.5 Å². The number of carbonyl (C=O) groups excluding carboxylic acids is 3. The van der Waals surface area contributed by atoms with Gasteiger partial charge < -0.3 is 14.5 Å². The van der Waals surface area contributed by atoms with Gasteiger partial charge in [0.1, 0.15) is 11.3 Å². The minimum atomic E-state index is -0.706. The van der Waals surface area contributed by atoms with Gasteiger partial charge in [-0.1, -0.05) is 6.07 Å². The average molecular weight is 510 g/mol. The lowest BCUT2D eigenvalue weighted by Crippen LogP contribution is -2.54. The van der Waals surface area contributed by atoms with E-state index in [4.69, 9.17) is 17.0 Å². The molecule has 2 saturated heterocycles. The van der Waals surface area contributed by atoms with Gasteiger partial charge in [-0.15, -0.1) is 0 Å². The van der Waals surface area contributed by atoms with Crippen LogP contribution in [0.4, 0.5) is 17.1 Å². The minimum absolute atomic E-state index is 0.0289. The zero-order valence-electron chi connectivity index (χ0n) is 19.6. The molecule has 4 rings (SSSR count). The molecular formula is C24H23N5O6S. The van der Waals surface area contributed by atoms with E-state index in [1.54, 1.807) is 35.2 Å². The summed E-state index contributed by atoms with van der Waals surface area (Å²) in [5, 5.41) is 13.9. The molecule has 0 spiro atoms. The second-order valence-corrected chi connectivity index (χ2v) is 8.54. The Bertz CT molecular complexity index is 1300. The number of non-ortho nitro benzene ring substituents is 1. The second kappa shape index (κ2) is 10.1. The molecule has 0 bridgehead atoms. The summed E-state index contributed by atoms with van der Waals surface area (Å²) in [7, 11) is 1.49. The van der Waals surface area contributed by atoms with Gasteiger partial charge in [0, 0.05) is 62.6 Å². The van der Waals surface area contributed by atoms with Gasteiger partial charge in [-0.3, -0.25) is 34.7 Å². The number of anilines is 2. The summed E-state index contributed by atoms with van der Waals surface area (Å²) in [4.78, 5) is 53.7. The van der Waals surface area contributed by atoms with E-state index in [0.717, 1.165) is 0 Å². The van der Waals surface area contributed by atoms with Crippen molar-refractivity contribution in [2.75, 3.05) is 43.1 Å². The average Bonchev–Trinajstić information content (AvgIpc) is 2.86. The van der Waals surface area contributed by atoms with Crippen molar-refractivity contribution < 1.29 is 24.0 Å². The number of nitrogens with zero attached hydrogens (tertiary/aromatic N) is 4. The van der Waals surface area contributed by atoms with Gasteiger partial charge in [0.25, 0.3) is 17.5 Å². The number of benzene rings is 2. The van der Waals surface area contributed by atoms with Crippen molar-refractivity contribution in [3.63, 3.8) is 0 Å². The van der Waals surface area contributed by atoms with Crippen LogP contribution >= 0.6 is 12.2 Å². The van der Waals surface area contributed by atoms with Crippen LogP contribution < -0.4 is 19.9 Å². The molecule has 0 aromatic heterocycles. The first-order chi connectivity index (χ1) is 17.2. The van der Waals surface area contributed by atoms with Crippen LogP contribution in [0, 0.1) is 10.1 Å². The molecule has 0 atom stereocenters. The van der Waals surface area contributed by atoms with Gasteiger partial charge >= 0.3 is 0 Å². The number of hydrogen-bond donors (Lipinski definition) is 1. The van der Waals surface area contributed by atoms with Crippen molar-refractivity contribution in [3.8, 4) is 5.75 Å². The highest BCUT2D eigenvalue weighted by atomic mass is 32.1. The Morgan fingerprint density at radius 2 is 1.86 bits per heavy atom. The first-order valence-corrected chi connectivity index (χ1v) is 11.4. The molecule has 1 N–H and O–H groups in total. The van der Waals surface area contributed by atoms with E-state index in [1.165, 1.54) is 37.1 Å². The first kappa shape index (κ1) is 24.8. The van der Waals surface area contributed by atoms with Gasteiger partial charge in [0.2, 0.25) is 5.91 Å². The third-order valence-corrected chi connectivity index (χ3v) is 6.29. The summed E-state index contributed by atoms with van der Waals surface area (Å²) in [6, 6.07) is 10.9. The lowest BCUT2D eigenvalue weighted by atomic mass is 10.0. The topological polar surface area (TPSA) is 125 Å². The molecule has 0 radical (unpaired) electrons. The number of ether oxygens (including phenoxy) is 1. The summed E-state index contributed by atoms with van der Waals surface area (Å²) < 4.78 is 5.22. The van der Waals surface area contributed by atoms with Crippen LogP contribution in [0.3, 0.4) is 0 Å². The Balaban J connectivity index is 1.74. The number of amides is 3. The van der Waals surface area contributed by atoms with Crippen LogP contribution in [0.5, 0.6) is 5.75 Å². The SMILES string of the molecule is COc1cccc(N2C(=O)/C(=C\c3cc([N+](=O)[O-])ccc3N3CCN(C(C)=O)CC3)C(=O)NC2=S)c1. The van der Waals surface area contributed by atoms with Crippen LogP contribution in [-0.2, 0) is 14.4 Å². The molecule has 11 nitrogen and oxygen atoms in total. The summed E-state index contributed by atoms with van der Waals surface area (Å²) >= 11 is 5.25. The zero-order valence-corrected chi connectivity index (χ0v) is 20.4. The molecule has 186 valence electrons. The molecule has 0 unspecified atom stereocenters. The van der Waals surface area contributed by atoms with Gasteiger partial charge in [0.05, 0.1) is 17.7 Å². The van der Waals surface area contributed by atoms with Crippen LogP contribution in [0.15, 0.2) is 48.0 Å². The van der Waals surface area contributed by atoms with Crippen LogP contribution in [0.2, 0.25) is 0 Å².